The largest absolute Gasteiger partial charge is 0.457 e. The smallest absolute Gasteiger partial charge is 0.292 e. The third-order valence-electron chi connectivity index (χ3n) is 2.47. The van der Waals surface area contributed by atoms with Gasteiger partial charge in [-0.15, -0.1) is 10.5 Å². The molecule has 0 fully saturated rings. The van der Waals surface area contributed by atoms with Crippen LogP contribution in [0.2, 0.25) is 20.1 Å². The quantitative estimate of drug-likeness (QED) is 0.616. The maximum Gasteiger partial charge on any atom is 0.292 e. The Morgan fingerprint density at radius 2 is 0.957 bits per heavy atom. The number of hydrogen-bond acceptors (Lipinski definition) is 5. The maximum absolute atomic E-state index is 8.52. The lowest BCUT2D eigenvalue weighted by Crippen LogP contribution is -1.90. The van der Waals surface area contributed by atoms with Crippen LogP contribution in [0, 0.1) is 23.0 Å². The number of ether oxygens (including phenoxy) is 3. The van der Waals surface area contributed by atoms with Gasteiger partial charge in [0.2, 0.25) is 0 Å². The average molecular weight is 390 g/mol. The summed E-state index contributed by atoms with van der Waals surface area (Å²) < 4.78 is 14.9. The van der Waals surface area contributed by atoms with Crippen molar-refractivity contribution in [1.29, 1.82) is 10.5 Å². The molecule has 0 aliphatic heterocycles. The molecule has 0 atom stereocenters. The normalized spacial score (nSPS) is 9.65. The van der Waals surface area contributed by atoms with Crippen molar-refractivity contribution < 1.29 is 14.2 Å². The Labute approximate surface area is 151 Å². The minimum absolute atomic E-state index is 0.0250. The predicted octanol–water partition coefficient (Wildman–Crippen LogP) is 5.81. The van der Waals surface area contributed by atoms with Crippen molar-refractivity contribution in [1.82, 2.24) is 0 Å². The predicted molar refractivity (Wildman–Crippen MR) is 85.5 cm³/mol. The van der Waals surface area contributed by atoms with Gasteiger partial charge in [0.15, 0.2) is 11.5 Å². The molecule has 0 saturated carbocycles. The molecule has 5 nitrogen and oxygen atoms in total. The van der Waals surface area contributed by atoms with Crippen LogP contribution >= 0.6 is 46.4 Å². The van der Waals surface area contributed by atoms with E-state index >= 15 is 0 Å². The van der Waals surface area contributed by atoms with Crippen LogP contribution in [0.1, 0.15) is 0 Å². The summed E-state index contributed by atoms with van der Waals surface area (Å²) >= 11 is 23.8. The summed E-state index contributed by atoms with van der Waals surface area (Å²) in [4.78, 5) is 0. The molecular weight excluding hydrogens is 386 g/mol. The highest BCUT2D eigenvalue weighted by molar-refractivity contribution is 6.38. The fourth-order valence-corrected chi connectivity index (χ4v) is 2.70. The summed E-state index contributed by atoms with van der Waals surface area (Å²) in [5.74, 6) is 0.590. The van der Waals surface area contributed by atoms with Gasteiger partial charge in [-0.3, -0.25) is 0 Å². The fourth-order valence-electron chi connectivity index (χ4n) is 1.61. The van der Waals surface area contributed by atoms with Gasteiger partial charge in [-0.25, -0.2) is 0 Å². The molecule has 0 N–H and O–H groups in total. The van der Waals surface area contributed by atoms with Crippen LogP contribution in [0.4, 0.5) is 0 Å². The number of hydrogen-bond donors (Lipinski definition) is 0. The van der Waals surface area contributed by atoms with Gasteiger partial charge in [0.1, 0.15) is 11.5 Å². The minimum Gasteiger partial charge on any atom is -0.457 e. The Balaban J connectivity index is 2.34. The van der Waals surface area contributed by atoms with Gasteiger partial charge >= 0.3 is 0 Å². The lowest BCUT2D eigenvalue weighted by atomic mass is 10.3. The van der Waals surface area contributed by atoms with E-state index in [-0.39, 0.29) is 43.1 Å². The zero-order valence-electron chi connectivity index (χ0n) is 10.9. The van der Waals surface area contributed by atoms with E-state index in [1.807, 2.05) is 0 Å². The molecule has 0 spiro atoms. The molecular formula is C14H4Cl4N2O3. The van der Waals surface area contributed by atoms with Crippen molar-refractivity contribution in [2.24, 2.45) is 0 Å². The highest BCUT2D eigenvalue weighted by Gasteiger charge is 2.14. The van der Waals surface area contributed by atoms with Gasteiger partial charge in [0.25, 0.3) is 12.5 Å². The van der Waals surface area contributed by atoms with E-state index in [9.17, 15) is 0 Å². The summed E-state index contributed by atoms with van der Waals surface area (Å²) in [7, 11) is 0. The van der Waals surface area contributed by atoms with E-state index in [4.69, 9.17) is 61.7 Å². The van der Waals surface area contributed by atoms with Crippen molar-refractivity contribution >= 4 is 46.4 Å². The fraction of sp³-hybridized carbons (Fsp3) is 0. The van der Waals surface area contributed by atoms with E-state index in [2.05, 4.69) is 9.47 Å². The van der Waals surface area contributed by atoms with Gasteiger partial charge in [0.05, 0.1) is 20.1 Å². The molecule has 0 heterocycles. The number of rotatable bonds is 4. The number of nitriles is 2. The average Bonchev–Trinajstić information content (AvgIpc) is 2.47. The van der Waals surface area contributed by atoms with E-state index in [0.717, 1.165) is 0 Å². The van der Waals surface area contributed by atoms with E-state index in [1.165, 1.54) is 36.8 Å². The van der Waals surface area contributed by atoms with Crippen LogP contribution in [-0.4, -0.2) is 0 Å². The summed E-state index contributed by atoms with van der Waals surface area (Å²) in [6.45, 7) is 0. The van der Waals surface area contributed by atoms with Gasteiger partial charge in [0, 0.05) is 24.3 Å². The summed E-state index contributed by atoms with van der Waals surface area (Å²) in [6, 6.07) is 5.62. The molecule has 23 heavy (non-hydrogen) atoms. The second-order valence-electron chi connectivity index (χ2n) is 3.92. The van der Waals surface area contributed by atoms with Crippen LogP contribution in [0.5, 0.6) is 23.0 Å². The molecule has 2 rings (SSSR count). The molecule has 2 aromatic carbocycles. The number of halogens is 4. The Morgan fingerprint density at radius 1 is 0.652 bits per heavy atom. The molecule has 2 aromatic rings. The molecule has 9 heteroatoms. The summed E-state index contributed by atoms with van der Waals surface area (Å²) in [5, 5.41) is 17.4. The SMILES string of the molecule is N#COc1c(Cl)cc(Oc2cc(Cl)c(OC#N)c(Cl)c2)cc1Cl. The highest BCUT2D eigenvalue weighted by Crippen LogP contribution is 2.41. The first-order chi connectivity index (χ1) is 11.0. The monoisotopic (exact) mass is 388 g/mol. The molecule has 0 saturated heterocycles. The standard InChI is InChI=1S/C14H4Cl4N2O3/c15-9-1-7(2-10(16)13(9)21-5-19)23-8-3-11(17)14(22-6-20)12(18)4-8/h1-4H. The molecule has 0 aliphatic rings. The van der Waals surface area contributed by atoms with Gasteiger partial charge in [-0.05, 0) is 0 Å². The first kappa shape index (κ1) is 17.3. The first-order valence-corrected chi connectivity index (χ1v) is 7.25. The molecule has 0 unspecified atom stereocenters. The lowest BCUT2D eigenvalue weighted by Gasteiger charge is -2.11. The van der Waals surface area contributed by atoms with Crippen molar-refractivity contribution in [2.45, 2.75) is 0 Å². The van der Waals surface area contributed by atoms with Crippen LogP contribution < -0.4 is 14.2 Å². The molecule has 116 valence electrons. The van der Waals surface area contributed by atoms with Crippen molar-refractivity contribution in [3.63, 3.8) is 0 Å². The zero-order valence-corrected chi connectivity index (χ0v) is 14.0. The lowest BCUT2D eigenvalue weighted by molar-refractivity contribution is 0.473. The molecule has 0 aliphatic carbocycles. The van der Waals surface area contributed by atoms with Crippen molar-refractivity contribution in [3.05, 3.63) is 44.4 Å². The summed E-state index contributed by atoms with van der Waals surface area (Å²) in [6.07, 6.45) is 2.97. The van der Waals surface area contributed by atoms with Crippen LogP contribution in [0.15, 0.2) is 24.3 Å². The zero-order chi connectivity index (χ0) is 17.0. The third kappa shape index (κ3) is 4.04. The molecule has 0 radical (unpaired) electrons. The van der Waals surface area contributed by atoms with Crippen LogP contribution in [0.3, 0.4) is 0 Å². The van der Waals surface area contributed by atoms with E-state index in [0.29, 0.717) is 0 Å². The van der Waals surface area contributed by atoms with Crippen LogP contribution in [-0.2, 0) is 0 Å². The molecule has 0 amide bonds. The summed E-state index contributed by atoms with van der Waals surface area (Å²) in [5.41, 5.74) is 0. The minimum atomic E-state index is 0.0250. The van der Waals surface area contributed by atoms with E-state index in [1.54, 1.807) is 0 Å². The second-order valence-corrected chi connectivity index (χ2v) is 5.55. The van der Waals surface area contributed by atoms with E-state index < -0.39 is 0 Å². The Kier molecular flexibility index (Phi) is 5.65. The number of benzene rings is 2. The second kappa shape index (κ2) is 7.50. The van der Waals surface area contributed by atoms with Gasteiger partial charge in [-0.2, -0.15) is 0 Å². The van der Waals surface area contributed by atoms with Crippen molar-refractivity contribution in [2.75, 3.05) is 0 Å². The molecule has 0 bridgehead atoms. The Bertz CT molecular complexity index is 727. The van der Waals surface area contributed by atoms with Crippen LogP contribution in [0.25, 0.3) is 0 Å². The Hall–Kier alpha value is -2.02. The topological polar surface area (TPSA) is 75.3 Å². The third-order valence-corrected chi connectivity index (χ3v) is 3.60. The maximum atomic E-state index is 8.52. The van der Waals surface area contributed by atoms with Gasteiger partial charge in [-0.1, -0.05) is 46.4 Å². The van der Waals surface area contributed by atoms with Crippen molar-refractivity contribution in [3.8, 4) is 35.5 Å². The van der Waals surface area contributed by atoms with Gasteiger partial charge < -0.3 is 14.2 Å². The highest BCUT2D eigenvalue weighted by atomic mass is 35.5. The number of nitrogens with zero attached hydrogens (tertiary/aromatic N) is 2. The first-order valence-electron chi connectivity index (χ1n) is 5.74. The Morgan fingerprint density at radius 3 is 1.22 bits per heavy atom. The molecule has 0 aromatic heterocycles.